The summed E-state index contributed by atoms with van der Waals surface area (Å²) in [7, 11) is 1.65. The third-order valence-corrected chi connectivity index (χ3v) is 3.93. The molecule has 2 N–H and O–H groups in total. The minimum atomic E-state index is -0.490. The number of nitrogens with zero attached hydrogens (tertiary/aromatic N) is 3. The van der Waals surface area contributed by atoms with Crippen molar-refractivity contribution >= 4 is 5.91 Å². The van der Waals surface area contributed by atoms with Crippen molar-refractivity contribution in [1.29, 1.82) is 0 Å². The van der Waals surface area contributed by atoms with Gasteiger partial charge in [0.15, 0.2) is 0 Å². The van der Waals surface area contributed by atoms with Gasteiger partial charge in [-0.2, -0.15) is 0 Å². The first-order chi connectivity index (χ1) is 11.1. The van der Waals surface area contributed by atoms with Crippen molar-refractivity contribution in [3.8, 4) is 5.75 Å². The zero-order valence-corrected chi connectivity index (χ0v) is 13.3. The van der Waals surface area contributed by atoms with E-state index in [-0.39, 0.29) is 5.91 Å². The number of amides is 1. The van der Waals surface area contributed by atoms with E-state index in [2.05, 4.69) is 9.97 Å². The number of nitrogens with two attached hydrogens (primary N) is 1. The molecule has 0 spiro atoms. The lowest BCUT2D eigenvalue weighted by Gasteiger charge is -2.16. The van der Waals surface area contributed by atoms with E-state index in [9.17, 15) is 4.79 Å². The molecule has 0 radical (unpaired) electrons. The van der Waals surface area contributed by atoms with E-state index in [1.807, 2.05) is 30.5 Å². The molecule has 3 rings (SSSR count). The van der Waals surface area contributed by atoms with E-state index in [4.69, 9.17) is 10.5 Å². The fraction of sp³-hybridized carbons (Fsp3) is 0.353. The Kier molecular flexibility index (Phi) is 4.25. The predicted molar refractivity (Wildman–Crippen MR) is 85.7 cm³/mol. The van der Waals surface area contributed by atoms with E-state index >= 15 is 0 Å². The van der Waals surface area contributed by atoms with Crippen molar-refractivity contribution in [3.05, 3.63) is 53.1 Å². The molecule has 1 aliphatic heterocycles. The Hall–Kier alpha value is -2.47. The highest BCUT2D eigenvalue weighted by atomic mass is 16.5. The van der Waals surface area contributed by atoms with Crippen LogP contribution in [0, 0.1) is 0 Å². The second-order valence-corrected chi connectivity index (χ2v) is 5.77. The molecule has 0 unspecified atom stereocenters. The van der Waals surface area contributed by atoms with Crippen LogP contribution in [0.15, 0.2) is 30.5 Å². The van der Waals surface area contributed by atoms with Crippen molar-refractivity contribution in [3.63, 3.8) is 0 Å². The summed E-state index contributed by atoms with van der Waals surface area (Å²) in [6, 6.07) is 7.36. The third kappa shape index (κ3) is 3.32. The van der Waals surface area contributed by atoms with Gasteiger partial charge in [-0.05, 0) is 24.6 Å². The first kappa shape index (κ1) is 15.4. The molecule has 6 nitrogen and oxygen atoms in total. The largest absolute Gasteiger partial charge is 0.497 e. The smallest absolute Gasteiger partial charge is 0.239 e. The molecular formula is C17H20N4O2. The molecule has 23 heavy (non-hydrogen) atoms. The maximum absolute atomic E-state index is 12.0. The van der Waals surface area contributed by atoms with Gasteiger partial charge < -0.3 is 15.4 Å². The van der Waals surface area contributed by atoms with E-state index in [1.165, 1.54) is 0 Å². The number of carbonyl (C=O) groups is 1. The fourth-order valence-corrected chi connectivity index (χ4v) is 2.65. The highest BCUT2D eigenvalue weighted by molar-refractivity contribution is 5.81. The van der Waals surface area contributed by atoms with Gasteiger partial charge in [0.05, 0.1) is 25.4 Å². The molecule has 0 fully saturated rings. The van der Waals surface area contributed by atoms with E-state index < -0.39 is 6.04 Å². The van der Waals surface area contributed by atoms with Crippen molar-refractivity contribution in [2.75, 3.05) is 7.11 Å². The van der Waals surface area contributed by atoms with Crippen molar-refractivity contribution < 1.29 is 9.53 Å². The molecule has 1 aromatic heterocycles. The summed E-state index contributed by atoms with van der Waals surface area (Å²) in [5.74, 6) is 1.53. The summed E-state index contributed by atoms with van der Waals surface area (Å²) < 4.78 is 5.15. The quantitative estimate of drug-likeness (QED) is 0.919. The first-order valence-electron chi connectivity index (χ1n) is 7.58. The summed E-state index contributed by atoms with van der Waals surface area (Å²) in [5.41, 5.74) is 8.70. The number of fused-ring (bicyclic) bond motifs is 1. The van der Waals surface area contributed by atoms with Crippen LogP contribution in [0.4, 0.5) is 0 Å². The Balaban J connectivity index is 1.73. The zero-order chi connectivity index (χ0) is 16.4. The van der Waals surface area contributed by atoms with Crippen LogP contribution in [0.25, 0.3) is 0 Å². The Morgan fingerprint density at radius 3 is 2.74 bits per heavy atom. The maximum atomic E-state index is 12.0. The van der Waals surface area contributed by atoms with Crippen LogP contribution in [0.1, 0.15) is 29.6 Å². The van der Waals surface area contributed by atoms with E-state index in [0.717, 1.165) is 28.4 Å². The number of methoxy groups -OCH3 is 1. The Morgan fingerprint density at radius 1 is 1.35 bits per heavy atom. The van der Waals surface area contributed by atoms with Crippen molar-refractivity contribution in [1.82, 2.24) is 14.9 Å². The van der Waals surface area contributed by atoms with Gasteiger partial charge in [-0.1, -0.05) is 12.1 Å². The molecule has 0 saturated heterocycles. The summed E-state index contributed by atoms with van der Waals surface area (Å²) in [6.07, 6.45) is 2.47. The Labute approximate surface area is 135 Å². The van der Waals surface area contributed by atoms with Crippen LogP contribution in [-0.2, 0) is 24.3 Å². The standard InChI is InChI=1S/C17H20N4O2/c1-11(18)17(22)21-9-13-8-19-16(20-15(13)10-21)7-12-3-5-14(23-2)6-4-12/h3-6,8,11H,7,9-10,18H2,1-2H3/t11-/m1/s1. The first-order valence-corrected chi connectivity index (χ1v) is 7.58. The molecule has 0 aliphatic carbocycles. The number of hydrogen-bond acceptors (Lipinski definition) is 5. The zero-order valence-electron chi connectivity index (χ0n) is 13.3. The Bertz CT molecular complexity index is 713. The number of ether oxygens (including phenoxy) is 1. The minimum absolute atomic E-state index is 0.0558. The van der Waals surface area contributed by atoms with Crippen LogP contribution in [-0.4, -0.2) is 33.9 Å². The molecule has 1 aliphatic rings. The van der Waals surface area contributed by atoms with Gasteiger partial charge in [-0.25, -0.2) is 9.97 Å². The number of rotatable bonds is 4. The highest BCUT2D eigenvalue weighted by Crippen LogP contribution is 2.21. The average Bonchev–Trinajstić information content (AvgIpc) is 2.98. The van der Waals surface area contributed by atoms with Gasteiger partial charge in [0, 0.05) is 24.7 Å². The lowest BCUT2D eigenvalue weighted by molar-refractivity contribution is -0.132. The van der Waals surface area contributed by atoms with Gasteiger partial charge in [-0.3, -0.25) is 4.79 Å². The number of aromatic nitrogens is 2. The maximum Gasteiger partial charge on any atom is 0.239 e. The van der Waals surface area contributed by atoms with E-state index in [0.29, 0.717) is 19.5 Å². The van der Waals surface area contributed by atoms with Gasteiger partial charge in [-0.15, -0.1) is 0 Å². The molecule has 0 saturated carbocycles. The van der Waals surface area contributed by atoms with Gasteiger partial charge in [0.25, 0.3) is 0 Å². The van der Waals surface area contributed by atoms with Crippen LogP contribution in [0.3, 0.4) is 0 Å². The normalized spacial score (nSPS) is 14.5. The molecular weight excluding hydrogens is 292 g/mol. The highest BCUT2D eigenvalue weighted by Gasteiger charge is 2.26. The molecule has 0 bridgehead atoms. The van der Waals surface area contributed by atoms with Crippen LogP contribution in [0.2, 0.25) is 0 Å². The second kappa shape index (κ2) is 6.34. The number of carbonyl (C=O) groups excluding carboxylic acids is 1. The summed E-state index contributed by atoms with van der Waals surface area (Å²) in [5, 5.41) is 0. The lowest BCUT2D eigenvalue weighted by atomic mass is 10.1. The van der Waals surface area contributed by atoms with Crippen molar-refractivity contribution in [2.24, 2.45) is 5.73 Å². The van der Waals surface area contributed by atoms with Gasteiger partial charge >= 0.3 is 0 Å². The molecule has 1 aromatic carbocycles. The molecule has 1 amide bonds. The van der Waals surface area contributed by atoms with Crippen LogP contribution >= 0.6 is 0 Å². The molecule has 1 atom stereocenters. The SMILES string of the molecule is COc1ccc(Cc2ncc3c(n2)CN(C(=O)[C@@H](C)N)C3)cc1. The second-order valence-electron chi connectivity index (χ2n) is 5.77. The minimum Gasteiger partial charge on any atom is -0.497 e. The van der Waals surface area contributed by atoms with Crippen LogP contribution in [0.5, 0.6) is 5.75 Å². The average molecular weight is 312 g/mol. The van der Waals surface area contributed by atoms with E-state index in [1.54, 1.807) is 18.9 Å². The summed E-state index contributed by atoms with van der Waals surface area (Å²) >= 11 is 0. The van der Waals surface area contributed by atoms with Crippen molar-refractivity contribution in [2.45, 2.75) is 32.5 Å². The topological polar surface area (TPSA) is 81.3 Å². The van der Waals surface area contributed by atoms with Gasteiger partial charge in [0.2, 0.25) is 5.91 Å². The molecule has 6 heteroatoms. The molecule has 120 valence electrons. The van der Waals surface area contributed by atoms with Crippen LogP contribution < -0.4 is 10.5 Å². The molecule has 2 heterocycles. The number of benzene rings is 1. The lowest BCUT2D eigenvalue weighted by Crippen LogP contribution is -2.39. The third-order valence-electron chi connectivity index (χ3n) is 3.93. The predicted octanol–water partition coefficient (Wildman–Crippen LogP) is 1.27. The summed E-state index contributed by atoms with van der Waals surface area (Å²) in [4.78, 5) is 22.7. The van der Waals surface area contributed by atoms with Gasteiger partial charge in [0.1, 0.15) is 11.6 Å². The Morgan fingerprint density at radius 2 is 2.09 bits per heavy atom. The molecule has 2 aromatic rings. The summed E-state index contributed by atoms with van der Waals surface area (Å²) in [6.45, 7) is 2.75. The fourth-order valence-electron chi connectivity index (χ4n) is 2.65. The monoisotopic (exact) mass is 312 g/mol. The number of hydrogen-bond donors (Lipinski definition) is 1.